The molecule has 28 heavy (non-hydrogen) atoms. The van der Waals surface area contributed by atoms with Crippen LogP contribution in [-0.2, 0) is 6.42 Å². The van der Waals surface area contributed by atoms with E-state index in [9.17, 15) is 0 Å². The Labute approximate surface area is 192 Å². The summed E-state index contributed by atoms with van der Waals surface area (Å²) < 4.78 is 5.20. The number of piperidine rings is 1. The van der Waals surface area contributed by atoms with E-state index < -0.39 is 0 Å². The molecule has 2 rings (SSSR count). The Kier molecular flexibility index (Phi) is 11.9. The summed E-state index contributed by atoms with van der Waals surface area (Å²) >= 11 is 6.32. The van der Waals surface area contributed by atoms with Crippen LogP contribution in [-0.4, -0.2) is 56.7 Å². The summed E-state index contributed by atoms with van der Waals surface area (Å²) in [6, 6.07) is 6.26. The molecule has 0 atom stereocenters. The van der Waals surface area contributed by atoms with Crippen molar-refractivity contribution in [3.8, 4) is 5.75 Å². The van der Waals surface area contributed by atoms with E-state index in [4.69, 9.17) is 21.3 Å². The highest BCUT2D eigenvalue weighted by Gasteiger charge is 2.19. The second kappa shape index (κ2) is 13.3. The van der Waals surface area contributed by atoms with Crippen LogP contribution in [0.5, 0.6) is 5.75 Å². The van der Waals surface area contributed by atoms with Crippen LogP contribution in [0.2, 0.25) is 5.02 Å². The molecular formula is C21H34ClIN4O. The molecule has 1 heterocycles. The Bertz CT molecular complexity index is 645. The molecule has 0 amide bonds. The molecule has 1 aromatic rings. The Morgan fingerprint density at radius 3 is 2.64 bits per heavy atom. The lowest BCUT2D eigenvalue weighted by atomic mass is 10.0. The zero-order valence-corrected chi connectivity index (χ0v) is 20.3. The van der Waals surface area contributed by atoms with Crippen molar-refractivity contribution in [1.82, 2.24) is 15.5 Å². The third kappa shape index (κ3) is 8.57. The fourth-order valence-corrected chi connectivity index (χ4v) is 3.54. The molecule has 1 aliphatic heterocycles. The first-order chi connectivity index (χ1) is 13.0. The molecule has 5 nitrogen and oxygen atoms in total. The Balaban J connectivity index is 0.00000392. The zero-order chi connectivity index (χ0) is 19.6. The standard InChI is InChI=1S/C21H33ClN4O.HI/c1-5-23-21(25-18-9-12-26(13-10-18)15-16(2)3)24-11-8-17-6-7-19(27-4)14-20(17)22;/h6-7,14,18H,2,5,8-13,15H2,1,3-4H3,(H2,23,24,25);1H. The molecule has 158 valence electrons. The molecule has 0 saturated carbocycles. The number of aliphatic imine (C=N–C) groups is 1. The maximum Gasteiger partial charge on any atom is 0.191 e. The lowest BCUT2D eigenvalue weighted by molar-refractivity contribution is 0.221. The van der Waals surface area contributed by atoms with Gasteiger partial charge in [0.05, 0.1) is 7.11 Å². The third-order valence-corrected chi connectivity index (χ3v) is 5.03. The first-order valence-corrected chi connectivity index (χ1v) is 10.1. The van der Waals surface area contributed by atoms with E-state index >= 15 is 0 Å². The van der Waals surface area contributed by atoms with Crippen LogP contribution in [0.25, 0.3) is 0 Å². The smallest absolute Gasteiger partial charge is 0.191 e. The molecule has 0 radical (unpaired) electrons. The van der Waals surface area contributed by atoms with Gasteiger partial charge in [0, 0.05) is 43.8 Å². The Morgan fingerprint density at radius 1 is 1.36 bits per heavy atom. The summed E-state index contributed by atoms with van der Waals surface area (Å²) in [6.07, 6.45) is 3.06. The van der Waals surface area contributed by atoms with Crippen LogP contribution >= 0.6 is 35.6 Å². The maximum absolute atomic E-state index is 6.32. The highest BCUT2D eigenvalue weighted by Crippen LogP contribution is 2.22. The van der Waals surface area contributed by atoms with Gasteiger partial charge in [-0.1, -0.05) is 29.8 Å². The van der Waals surface area contributed by atoms with Gasteiger partial charge in [0.2, 0.25) is 0 Å². The van der Waals surface area contributed by atoms with Gasteiger partial charge in [0.15, 0.2) is 5.96 Å². The van der Waals surface area contributed by atoms with E-state index in [0.29, 0.717) is 12.6 Å². The van der Waals surface area contributed by atoms with Crippen molar-refractivity contribution in [2.75, 3.05) is 39.8 Å². The molecule has 1 saturated heterocycles. The highest BCUT2D eigenvalue weighted by molar-refractivity contribution is 14.0. The van der Waals surface area contributed by atoms with Crippen LogP contribution in [0.3, 0.4) is 0 Å². The molecule has 0 aromatic heterocycles. The first-order valence-electron chi connectivity index (χ1n) is 9.75. The minimum Gasteiger partial charge on any atom is -0.497 e. The number of nitrogens with one attached hydrogen (secondary N) is 2. The number of guanidine groups is 1. The van der Waals surface area contributed by atoms with Gasteiger partial charge in [-0.3, -0.25) is 9.89 Å². The molecular weight excluding hydrogens is 487 g/mol. The molecule has 0 aliphatic carbocycles. The lowest BCUT2D eigenvalue weighted by Gasteiger charge is -2.33. The van der Waals surface area contributed by atoms with Crippen LogP contribution in [0, 0.1) is 0 Å². The van der Waals surface area contributed by atoms with Gasteiger partial charge in [-0.15, -0.1) is 24.0 Å². The zero-order valence-electron chi connectivity index (χ0n) is 17.3. The predicted octanol–water partition coefficient (Wildman–Crippen LogP) is 4.10. The molecule has 0 spiro atoms. The topological polar surface area (TPSA) is 48.9 Å². The van der Waals surface area contributed by atoms with Crippen molar-refractivity contribution in [1.29, 1.82) is 0 Å². The van der Waals surface area contributed by atoms with Crippen LogP contribution in [0.4, 0.5) is 0 Å². The van der Waals surface area contributed by atoms with E-state index in [-0.39, 0.29) is 24.0 Å². The van der Waals surface area contributed by atoms with Crippen molar-refractivity contribution >= 4 is 41.5 Å². The van der Waals surface area contributed by atoms with Crippen molar-refractivity contribution in [2.45, 2.75) is 39.2 Å². The van der Waals surface area contributed by atoms with Gasteiger partial charge in [0.1, 0.15) is 5.75 Å². The molecule has 1 aliphatic rings. The molecule has 0 unspecified atom stereocenters. The predicted molar refractivity (Wildman–Crippen MR) is 131 cm³/mol. The molecule has 1 fully saturated rings. The maximum atomic E-state index is 6.32. The van der Waals surface area contributed by atoms with Crippen LogP contribution < -0.4 is 15.4 Å². The number of likely N-dealkylation sites (tertiary alicyclic amines) is 1. The average Bonchev–Trinajstić information content (AvgIpc) is 2.64. The van der Waals surface area contributed by atoms with Gasteiger partial charge < -0.3 is 15.4 Å². The fraction of sp³-hybridized carbons (Fsp3) is 0.571. The van der Waals surface area contributed by atoms with E-state index in [2.05, 4.69) is 36.0 Å². The van der Waals surface area contributed by atoms with E-state index in [0.717, 1.165) is 67.7 Å². The highest BCUT2D eigenvalue weighted by atomic mass is 127. The average molecular weight is 521 g/mol. The second-order valence-corrected chi connectivity index (χ2v) is 7.53. The molecule has 0 bridgehead atoms. The number of nitrogens with zero attached hydrogens (tertiary/aromatic N) is 2. The fourth-order valence-electron chi connectivity index (χ4n) is 3.28. The molecule has 1 aromatic carbocycles. The number of benzene rings is 1. The number of methoxy groups -OCH3 is 1. The van der Waals surface area contributed by atoms with E-state index in [1.54, 1.807) is 7.11 Å². The van der Waals surface area contributed by atoms with E-state index in [1.807, 2.05) is 18.2 Å². The van der Waals surface area contributed by atoms with Crippen LogP contribution in [0.15, 0.2) is 35.3 Å². The van der Waals surface area contributed by atoms with Gasteiger partial charge in [0.25, 0.3) is 0 Å². The summed E-state index contributed by atoms with van der Waals surface area (Å²) in [5, 5.41) is 7.67. The quantitative estimate of drug-likeness (QED) is 0.234. The number of hydrogen-bond acceptors (Lipinski definition) is 3. The summed E-state index contributed by atoms with van der Waals surface area (Å²) in [5.41, 5.74) is 2.32. The number of hydrogen-bond donors (Lipinski definition) is 2. The minimum absolute atomic E-state index is 0. The summed E-state index contributed by atoms with van der Waals surface area (Å²) in [7, 11) is 1.65. The summed E-state index contributed by atoms with van der Waals surface area (Å²) in [5.74, 6) is 1.67. The minimum atomic E-state index is 0. The Hall–Kier alpha value is -0.990. The second-order valence-electron chi connectivity index (χ2n) is 7.12. The molecule has 2 N–H and O–H groups in total. The van der Waals surface area contributed by atoms with Crippen molar-refractivity contribution in [3.05, 3.63) is 40.9 Å². The largest absolute Gasteiger partial charge is 0.497 e. The van der Waals surface area contributed by atoms with Crippen molar-refractivity contribution in [3.63, 3.8) is 0 Å². The van der Waals surface area contributed by atoms with E-state index in [1.165, 1.54) is 5.57 Å². The summed E-state index contributed by atoms with van der Waals surface area (Å²) in [6.45, 7) is 12.9. The monoisotopic (exact) mass is 520 g/mol. The number of ether oxygens (including phenoxy) is 1. The van der Waals surface area contributed by atoms with Crippen molar-refractivity contribution < 1.29 is 4.74 Å². The summed E-state index contributed by atoms with van der Waals surface area (Å²) in [4.78, 5) is 7.20. The first kappa shape index (κ1) is 25.0. The van der Waals surface area contributed by atoms with Gasteiger partial charge in [-0.25, -0.2) is 0 Å². The Morgan fingerprint density at radius 2 is 2.07 bits per heavy atom. The molecule has 7 heteroatoms. The number of rotatable bonds is 8. The van der Waals surface area contributed by atoms with Crippen LogP contribution in [0.1, 0.15) is 32.3 Å². The lowest BCUT2D eigenvalue weighted by Crippen LogP contribution is -2.48. The van der Waals surface area contributed by atoms with Gasteiger partial charge >= 0.3 is 0 Å². The van der Waals surface area contributed by atoms with Crippen molar-refractivity contribution in [2.24, 2.45) is 4.99 Å². The number of halogens is 2. The van der Waals surface area contributed by atoms with Gasteiger partial charge in [-0.2, -0.15) is 0 Å². The van der Waals surface area contributed by atoms with Gasteiger partial charge in [-0.05, 0) is 50.8 Å². The normalized spacial score (nSPS) is 15.6. The third-order valence-electron chi connectivity index (χ3n) is 4.68. The SMILES string of the molecule is C=C(C)CN1CCC(NC(=NCCc2ccc(OC)cc2Cl)NCC)CC1.I.